The predicted octanol–water partition coefficient (Wildman–Crippen LogP) is 3.32. The number of thiophene rings is 1. The molecule has 7 heteroatoms. The van der Waals surface area contributed by atoms with Gasteiger partial charge in [-0.3, -0.25) is 14.5 Å². The summed E-state index contributed by atoms with van der Waals surface area (Å²) in [5.41, 5.74) is 3.56. The molecule has 0 atom stereocenters. The van der Waals surface area contributed by atoms with Crippen LogP contribution >= 0.6 is 11.3 Å². The monoisotopic (exact) mass is 396 g/mol. The number of nitriles is 1. The van der Waals surface area contributed by atoms with Crippen molar-refractivity contribution in [3.8, 4) is 6.07 Å². The van der Waals surface area contributed by atoms with E-state index in [0.29, 0.717) is 10.6 Å². The van der Waals surface area contributed by atoms with Crippen LogP contribution in [0.25, 0.3) is 0 Å². The molecule has 0 bridgehead atoms. The molecule has 1 heterocycles. The normalized spacial score (nSPS) is 12.9. The second-order valence-electron chi connectivity index (χ2n) is 7.16. The average Bonchev–Trinajstić information content (AvgIpc) is 3.00. The van der Waals surface area contributed by atoms with Crippen molar-refractivity contribution >= 4 is 33.8 Å². The third-order valence-corrected chi connectivity index (χ3v) is 5.91. The van der Waals surface area contributed by atoms with E-state index in [1.54, 1.807) is 11.9 Å². The van der Waals surface area contributed by atoms with Crippen molar-refractivity contribution in [2.24, 2.45) is 0 Å². The first kappa shape index (κ1) is 20.1. The van der Waals surface area contributed by atoms with Crippen LogP contribution in [0, 0.1) is 18.3 Å². The first-order valence-corrected chi connectivity index (χ1v) is 10.2. The van der Waals surface area contributed by atoms with Crippen molar-refractivity contribution in [3.05, 3.63) is 45.8 Å². The van der Waals surface area contributed by atoms with E-state index in [4.69, 9.17) is 0 Å². The van der Waals surface area contributed by atoms with E-state index < -0.39 is 0 Å². The first-order chi connectivity index (χ1) is 13.5. The second-order valence-corrected chi connectivity index (χ2v) is 8.27. The lowest BCUT2D eigenvalue weighted by atomic mass is 9.96. The standard InChI is InChI=1S/C21H24N4O2S/c1-14-7-9-15(10-8-14)23-19(26)12-25(2)13-20(27)24-21-17(11-22)16-5-3-4-6-18(16)28-21/h7-10H,3-6,12-13H2,1-2H3,(H,23,26)(H,24,27). The van der Waals surface area contributed by atoms with E-state index in [1.165, 1.54) is 16.2 Å². The predicted molar refractivity (Wildman–Crippen MR) is 112 cm³/mol. The highest BCUT2D eigenvalue weighted by Crippen LogP contribution is 2.37. The van der Waals surface area contributed by atoms with Crippen molar-refractivity contribution in [1.82, 2.24) is 4.90 Å². The summed E-state index contributed by atoms with van der Waals surface area (Å²) in [6.07, 6.45) is 4.10. The molecule has 1 aliphatic rings. The van der Waals surface area contributed by atoms with E-state index in [2.05, 4.69) is 16.7 Å². The summed E-state index contributed by atoms with van der Waals surface area (Å²) in [4.78, 5) is 27.4. The summed E-state index contributed by atoms with van der Waals surface area (Å²) in [5, 5.41) is 15.8. The maximum atomic E-state index is 12.4. The van der Waals surface area contributed by atoms with E-state index in [0.717, 1.165) is 42.5 Å². The van der Waals surface area contributed by atoms with Crippen LogP contribution in [-0.2, 0) is 22.4 Å². The summed E-state index contributed by atoms with van der Waals surface area (Å²) < 4.78 is 0. The van der Waals surface area contributed by atoms with Crippen molar-refractivity contribution in [1.29, 1.82) is 5.26 Å². The fourth-order valence-corrected chi connectivity index (χ4v) is 4.58. The maximum Gasteiger partial charge on any atom is 0.239 e. The third kappa shape index (κ3) is 4.97. The molecule has 0 fully saturated rings. The minimum absolute atomic E-state index is 0.0781. The minimum Gasteiger partial charge on any atom is -0.325 e. The fourth-order valence-electron chi connectivity index (χ4n) is 3.32. The molecule has 2 aromatic rings. The maximum absolute atomic E-state index is 12.4. The van der Waals surface area contributed by atoms with E-state index in [9.17, 15) is 14.9 Å². The molecule has 0 saturated carbocycles. The van der Waals surface area contributed by atoms with Gasteiger partial charge in [-0.05, 0) is 57.4 Å². The van der Waals surface area contributed by atoms with E-state index in [1.807, 2.05) is 31.2 Å². The van der Waals surface area contributed by atoms with Crippen molar-refractivity contribution in [2.45, 2.75) is 32.6 Å². The lowest BCUT2D eigenvalue weighted by Gasteiger charge is -2.16. The number of likely N-dealkylation sites (N-methyl/N-ethyl adjacent to an activating group) is 1. The van der Waals surface area contributed by atoms with Gasteiger partial charge in [0.05, 0.1) is 18.7 Å². The Morgan fingerprint density at radius 2 is 1.75 bits per heavy atom. The van der Waals surface area contributed by atoms with E-state index in [-0.39, 0.29) is 24.9 Å². The van der Waals surface area contributed by atoms with Gasteiger partial charge in [0.25, 0.3) is 0 Å². The van der Waals surface area contributed by atoms with Crippen molar-refractivity contribution < 1.29 is 9.59 Å². The number of carbonyl (C=O) groups is 2. The number of nitrogens with one attached hydrogen (secondary N) is 2. The Morgan fingerprint density at radius 1 is 1.11 bits per heavy atom. The van der Waals surface area contributed by atoms with Crippen LogP contribution in [0.2, 0.25) is 0 Å². The van der Waals surface area contributed by atoms with Crippen LogP contribution in [0.4, 0.5) is 10.7 Å². The van der Waals surface area contributed by atoms with Gasteiger partial charge in [-0.25, -0.2) is 0 Å². The van der Waals surface area contributed by atoms with Crippen LogP contribution in [0.1, 0.15) is 34.4 Å². The SMILES string of the molecule is Cc1ccc(NC(=O)CN(C)CC(=O)Nc2sc3c(c2C#N)CCCC3)cc1. The summed E-state index contributed by atoms with van der Waals surface area (Å²) in [5.74, 6) is -0.399. The first-order valence-electron chi connectivity index (χ1n) is 9.36. The molecular formula is C21H24N4O2S. The van der Waals surface area contributed by atoms with Gasteiger partial charge in [0, 0.05) is 10.6 Å². The molecular weight excluding hydrogens is 372 g/mol. The highest BCUT2D eigenvalue weighted by Gasteiger charge is 2.22. The molecule has 0 unspecified atom stereocenters. The molecule has 1 aromatic heterocycles. The summed E-state index contributed by atoms with van der Waals surface area (Å²) in [7, 11) is 1.72. The molecule has 6 nitrogen and oxygen atoms in total. The molecule has 146 valence electrons. The zero-order valence-corrected chi connectivity index (χ0v) is 17.0. The Kier molecular flexibility index (Phi) is 6.45. The fraction of sp³-hybridized carbons (Fsp3) is 0.381. The Morgan fingerprint density at radius 3 is 2.43 bits per heavy atom. The number of hydrogen-bond donors (Lipinski definition) is 2. The number of anilines is 2. The Bertz CT molecular complexity index is 912. The van der Waals surface area contributed by atoms with Gasteiger partial charge in [-0.15, -0.1) is 11.3 Å². The van der Waals surface area contributed by atoms with Crippen molar-refractivity contribution in [2.75, 3.05) is 30.8 Å². The molecule has 2 N–H and O–H groups in total. The van der Waals surface area contributed by atoms with Gasteiger partial charge in [0.1, 0.15) is 11.1 Å². The van der Waals surface area contributed by atoms with Gasteiger partial charge in [-0.2, -0.15) is 5.26 Å². The quantitative estimate of drug-likeness (QED) is 0.784. The molecule has 28 heavy (non-hydrogen) atoms. The highest BCUT2D eigenvalue weighted by molar-refractivity contribution is 7.16. The van der Waals surface area contributed by atoms with Crippen LogP contribution < -0.4 is 10.6 Å². The molecule has 0 spiro atoms. The van der Waals surface area contributed by atoms with E-state index >= 15 is 0 Å². The molecule has 1 aliphatic carbocycles. The molecule has 0 aliphatic heterocycles. The van der Waals surface area contributed by atoms with Crippen LogP contribution in [0.15, 0.2) is 24.3 Å². The number of rotatable bonds is 6. The lowest BCUT2D eigenvalue weighted by Crippen LogP contribution is -2.36. The number of aryl methyl sites for hydroxylation is 2. The summed E-state index contributed by atoms with van der Waals surface area (Å²) >= 11 is 1.51. The third-order valence-electron chi connectivity index (χ3n) is 4.70. The Balaban J connectivity index is 1.53. The number of carbonyl (C=O) groups excluding carboxylic acids is 2. The zero-order valence-electron chi connectivity index (χ0n) is 16.2. The Labute approximate surface area is 169 Å². The summed E-state index contributed by atoms with van der Waals surface area (Å²) in [6.45, 7) is 2.17. The molecule has 0 radical (unpaired) electrons. The Hall–Kier alpha value is -2.69. The van der Waals surface area contributed by atoms with Crippen LogP contribution in [0.3, 0.4) is 0 Å². The molecule has 1 aromatic carbocycles. The average molecular weight is 397 g/mol. The molecule has 2 amide bonds. The number of amides is 2. The van der Waals surface area contributed by atoms with Gasteiger partial charge >= 0.3 is 0 Å². The van der Waals surface area contributed by atoms with Gasteiger partial charge in [0.2, 0.25) is 11.8 Å². The highest BCUT2D eigenvalue weighted by atomic mass is 32.1. The topological polar surface area (TPSA) is 85.2 Å². The van der Waals surface area contributed by atoms with Crippen LogP contribution in [-0.4, -0.2) is 36.9 Å². The molecule has 0 saturated heterocycles. The largest absolute Gasteiger partial charge is 0.325 e. The minimum atomic E-state index is -0.222. The second kappa shape index (κ2) is 9.00. The van der Waals surface area contributed by atoms with Crippen LogP contribution in [0.5, 0.6) is 0 Å². The summed E-state index contributed by atoms with van der Waals surface area (Å²) in [6, 6.07) is 9.80. The number of nitrogens with zero attached hydrogens (tertiary/aromatic N) is 2. The van der Waals surface area contributed by atoms with Gasteiger partial charge in [-0.1, -0.05) is 17.7 Å². The number of fused-ring (bicyclic) bond motifs is 1. The molecule has 3 rings (SSSR count). The lowest BCUT2D eigenvalue weighted by molar-refractivity contribution is -0.119. The number of benzene rings is 1. The van der Waals surface area contributed by atoms with Gasteiger partial charge < -0.3 is 10.6 Å². The number of hydrogen-bond acceptors (Lipinski definition) is 5. The zero-order chi connectivity index (χ0) is 20.1. The smallest absolute Gasteiger partial charge is 0.239 e. The van der Waals surface area contributed by atoms with Crippen molar-refractivity contribution in [3.63, 3.8) is 0 Å². The van der Waals surface area contributed by atoms with Gasteiger partial charge in [0.15, 0.2) is 0 Å².